The summed E-state index contributed by atoms with van der Waals surface area (Å²) in [6.45, 7) is 8.80. The van der Waals surface area contributed by atoms with E-state index in [0.717, 1.165) is 5.57 Å². The molecule has 0 radical (unpaired) electrons. The van der Waals surface area contributed by atoms with E-state index in [0.29, 0.717) is 5.57 Å². The number of carbonyl (C=O) groups excluding carboxylic acids is 1. The van der Waals surface area contributed by atoms with Crippen LogP contribution in [-0.2, 0) is 4.79 Å². The van der Waals surface area contributed by atoms with Gasteiger partial charge in [0, 0.05) is 5.57 Å². The molecule has 0 aromatic carbocycles. The molecule has 0 unspecified atom stereocenters. The molecule has 0 fully saturated rings. The Morgan fingerprint density at radius 3 is 2.20 bits per heavy atom. The summed E-state index contributed by atoms with van der Waals surface area (Å²) in [6.07, 6.45) is 3.01. The third kappa shape index (κ3) is 2.87. The number of nitrogens with two attached hydrogens (primary N) is 1. The molecule has 0 bridgehead atoms. The van der Waals surface area contributed by atoms with Gasteiger partial charge in [-0.05, 0) is 13.0 Å². The zero-order chi connectivity index (χ0) is 8.15. The molecule has 0 aliphatic carbocycles. The predicted octanol–water partition coefficient (Wildman–Crippen LogP) is 1.16. The quantitative estimate of drug-likeness (QED) is 0.460. The van der Waals surface area contributed by atoms with Gasteiger partial charge in [-0.1, -0.05) is 24.8 Å². The van der Waals surface area contributed by atoms with Crippen molar-refractivity contribution in [3.63, 3.8) is 0 Å². The number of primary amides is 1. The van der Waals surface area contributed by atoms with Crippen LogP contribution in [0.2, 0.25) is 0 Å². The minimum atomic E-state index is -0.474. The first-order chi connectivity index (χ1) is 4.57. The summed E-state index contributed by atoms with van der Waals surface area (Å²) >= 11 is 0. The van der Waals surface area contributed by atoms with E-state index in [1.165, 1.54) is 6.08 Å². The van der Waals surface area contributed by atoms with Gasteiger partial charge < -0.3 is 5.73 Å². The number of allylic oxidation sites excluding steroid dienone is 2. The van der Waals surface area contributed by atoms with Crippen molar-refractivity contribution in [3.05, 3.63) is 36.5 Å². The molecule has 2 nitrogen and oxygen atoms in total. The topological polar surface area (TPSA) is 43.1 Å². The number of hydrogen-bond donors (Lipinski definition) is 1. The molecule has 0 aliphatic rings. The van der Waals surface area contributed by atoms with E-state index in [9.17, 15) is 4.79 Å². The van der Waals surface area contributed by atoms with E-state index < -0.39 is 5.91 Å². The van der Waals surface area contributed by atoms with Gasteiger partial charge in [0.05, 0.1) is 0 Å². The second kappa shape index (κ2) is 3.67. The lowest BCUT2D eigenvalue weighted by Crippen LogP contribution is -2.12. The Hall–Kier alpha value is -1.31. The molecule has 0 saturated heterocycles. The van der Waals surface area contributed by atoms with Crippen LogP contribution in [0.15, 0.2) is 36.5 Å². The SMILES string of the molecule is C=C/C(=C\C(=C)C)C(N)=O. The summed E-state index contributed by atoms with van der Waals surface area (Å²) in [7, 11) is 0. The van der Waals surface area contributed by atoms with Crippen LogP contribution >= 0.6 is 0 Å². The molecule has 10 heavy (non-hydrogen) atoms. The first-order valence-corrected chi connectivity index (χ1v) is 2.87. The van der Waals surface area contributed by atoms with Crippen LogP contribution in [-0.4, -0.2) is 5.91 Å². The minimum Gasteiger partial charge on any atom is -0.366 e. The van der Waals surface area contributed by atoms with Crippen molar-refractivity contribution in [1.82, 2.24) is 0 Å². The first kappa shape index (κ1) is 8.69. The molecule has 0 heterocycles. The van der Waals surface area contributed by atoms with Gasteiger partial charge in [0.15, 0.2) is 0 Å². The number of rotatable bonds is 3. The summed E-state index contributed by atoms with van der Waals surface area (Å²) in [4.78, 5) is 10.5. The number of amides is 1. The van der Waals surface area contributed by atoms with Gasteiger partial charge in [-0.3, -0.25) is 4.79 Å². The average Bonchev–Trinajstić information content (AvgIpc) is 1.81. The monoisotopic (exact) mass is 137 g/mol. The van der Waals surface area contributed by atoms with Crippen LogP contribution in [0, 0.1) is 0 Å². The van der Waals surface area contributed by atoms with Crippen molar-refractivity contribution in [2.24, 2.45) is 5.73 Å². The van der Waals surface area contributed by atoms with Gasteiger partial charge >= 0.3 is 0 Å². The lowest BCUT2D eigenvalue weighted by Gasteiger charge is -1.93. The largest absolute Gasteiger partial charge is 0.366 e. The van der Waals surface area contributed by atoms with Crippen molar-refractivity contribution in [3.8, 4) is 0 Å². The van der Waals surface area contributed by atoms with Crippen molar-refractivity contribution < 1.29 is 4.79 Å². The van der Waals surface area contributed by atoms with E-state index in [1.54, 1.807) is 13.0 Å². The van der Waals surface area contributed by atoms with Crippen LogP contribution in [0.1, 0.15) is 6.92 Å². The highest BCUT2D eigenvalue weighted by Gasteiger charge is 1.96. The van der Waals surface area contributed by atoms with E-state index in [1.807, 2.05) is 0 Å². The molecular weight excluding hydrogens is 126 g/mol. The number of hydrogen-bond acceptors (Lipinski definition) is 1. The molecule has 0 aromatic heterocycles. The van der Waals surface area contributed by atoms with Crippen LogP contribution < -0.4 is 5.73 Å². The first-order valence-electron chi connectivity index (χ1n) is 2.87. The van der Waals surface area contributed by atoms with E-state index in [2.05, 4.69) is 13.2 Å². The maximum absolute atomic E-state index is 10.5. The third-order valence-electron chi connectivity index (χ3n) is 0.906. The van der Waals surface area contributed by atoms with Crippen molar-refractivity contribution >= 4 is 5.91 Å². The highest BCUT2D eigenvalue weighted by atomic mass is 16.1. The second-order valence-electron chi connectivity index (χ2n) is 2.01. The van der Waals surface area contributed by atoms with Crippen LogP contribution in [0.25, 0.3) is 0 Å². The molecule has 1 amide bonds. The standard InChI is InChI=1S/C8H11NO/c1-4-7(8(9)10)5-6(2)3/h4-5H,1-2H2,3H3,(H2,9,10)/b7-5+. The zero-order valence-electron chi connectivity index (χ0n) is 6.05. The highest BCUT2D eigenvalue weighted by Crippen LogP contribution is 1.99. The molecule has 0 atom stereocenters. The fourth-order valence-corrected chi connectivity index (χ4v) is 0.496. The second-order valence-corrected chi connectivity index (χ2v) is 2.01. The average molecular weight is 137 g/mol. The Kier molecular flexibility index (Phi) is 3.19. The van der Waals surface area contributed by atoms with Crippen LogP contribution in [0.5, 0.6) is 0 Å². The molecule has 0 saturated carbocycles. The predicted molar refractivity (Wildman–Crippen MR) is 42.3 cm³/mol. The Labute approximate surface area is 60.7 Å². The van der Waals surface area contributed by atoms with Crippen LogP contribution in [0.3, 0.4) is 0 Å². The van der Waals surface area contributed by atoms with E-state index >= 15 is 0 Å². The van der Waals surface area contributed by atoms with Crippen molar-refractivity contribution in [2.45, 2.75) is 6.92 Å². The van der Waals surface area contributed by atoms with E-state index in [-0.39, 0.29) is 0 Å². The fraction of sp³-hybridized carbons (Fsp3) is 0.125. The smallest absolute Gasteiger partial charge is 0.248 e. The summed E-state index contributed by atoms with van der Waals surface area (Å²) in [5, 5.41) is 0. The molecule has 0 aliphatic heterocycles. The van der Waals surface area contributed by atoms with Crippen LogP contribution in [0.4, 0.5) is 0 Å². The molecule has 0 aromatic rings. The molecule has 54 valence electrons. The summed E-state index contributed by atoms with van der Waals surface area (Å²) < 4.78 is 0. The Balaban J connectivity index is 4.49. The normalized spacial score (nSPS) is 10.7. The maximum Gasteiger partial charge on any atom is 0.248 e. The molecule has 0 rings (SSSR count). The van der Waals surface area contributed by atoms with Crippen molar-refractivity contribution in [1.29, 1.82) is 0 Å². The van der Waals surface area contributed by atoms with Gasteiger partial charge in [0.25, 0.3) is 0 Å². The molecule has 2 heteroatoms. The van der Waals surface area contributed by atoms with Gasteiger partial charge in [-0.2, -0.15) is 0 Å². The fourth-order valence-electron chi connectivity index (χ4n) is 0.496. The summed E-state index contributed by atoms with van der Waals surface area (Å²) in [5.41, 5.74) is 6.16. The van der Waals surface area contributed by atoms with Gasteiger partial charge in [-0.15, -0.1) is 0 Å². The molecular formula is C8H11NO. The highest BCUT2D eigenvalue weighted by molar-refractivity contribution is 5.95. The Morgan fingerprint density at radius 1 is 1.60 bits per heavy atom. The Morgan fingerprint density at radius 2 is 2.10 bits per heavy atom. The minimum absolute atomic E-state index is 0.396. The number of carbonyl (C=O) groups is 1. The van der Waals surface area contributed by atoms with Gasteiger partial charge in [0.2, 0.25) is 5.91 Å². The lowest BCUT2D eigenvalue weighted by molar-refractivity contribution is -0.114. The van der Waals surface area contributed by atoms with E-state index in [4.69, 9.17) is 5.73 Å². The molecule has 2 N–H and O–H groups in total. The van der Waals surface area contributed by atoms with Gasteiger partial charge in [-0.25, -0.2) is 0 Å². The summed E-state index contributed by atoms with van der Waals surface area (Å²) in [5.74, 6) is -0.474. The Bertz CT molecular complexity index is 201. The third-order valence-corrected chi connectivity index (χ3v) is 0.906. The summed E-state index contributed by atoms with van der Waals surface area (Å²) in [6, 6.07) is 0. The maximum atomic E-state index is 10.5. The zero-order valence-corrected chi connectivity index (χ0v) is 6.05. The van der Waals surface area contributed by atoms with Crippen molar-refractivity contribution in [2.75, 3.05) is 0 Å². The van der Waals surface area contributed by atoms with Gasteiger partial charge in [0.1, 0.15) is 0 Å². The lowest BCUT2D eigenvalue weighted by atomic mass is 10.2. The molecule has 0 spiro atoms.